The molecule has 2 aromatic rings. The topological polar surface area (TPSA) is 80.0 Å². The molecular formula is C17H22N4O2. The highest BCUT2D eigenvalue weighted by Gasteiger charge is 2.13. The zero-order valence-electron chi connectivity index (χ0n) is 13.1. The molecule has 1 fully saturated rings. The first kappa shape index (κ1) is 15.5. The molecule has 3 rings (SSSR count). The highest BCUT2D eigenvalue weighted by atomic mass is 16.3. The van der Waals surface area contributed by atoms with E-state index in [1.165, 1.54) is 44.7 Å². The van der Waals surface area contributed by atoms with Gasteiger partial charge in [-0.05, 0) is 25.0 Å². The Hall–Kier alpha value is -2.37. The molecule has 2 heterocycles. The zero-order valence-corrected chi connectivity index (χ0v) is 13.1. The standard InChI is InChI=1S/C17H22N4O2/c22-17(20-10-14-8-5-9-23-14)15-11-19-16(12-18-15)21-13-6-3-1-2-4-7-13/h5,8-9,11-13H,1-4,6-7,10H2,(H,19,21)(H,20,22). The van der Waals surface area contributed by atoms with Gasteiger partial charge in [-0.3, -0.25) is 4.79 Å². The Morgan fingerprint density at radius 3 is 2.65 bits per heavy atom. The summed E-state index contributed by atoms with van der Waals surface area (Å²) in [6.45, 7) is 0.343. The van der Waals surface area contributed by atoms with E-state index in [0.717, 1.165) is 5.82 Å². The Balaban J connectivity index is 1.52. The van der Waals surface area contributed by atoms with Crippen LogP contribution in [0, 0.1) is 0 Å². The van der Waals surface area contributed by atoms with E-state index in [9.17, 15) is 4.79 Å². The summed E-state index contributed by atoms with van der Waals surface area (Å²) in [5.74, 6) is 1.19. The summed E-state index contributed by atoms with van der Waals surface area (Å²) in [5.41, 5.74) is 0.308. The van der Waals surface area contributed by atoms with Gasteiger partial charge < -0.3 is 15.1 Å². The van der Waals surface area contributed by atoms with Gasteiger partial charge >= 0.3 is 0 Å². The minimum atomic E-state index is -0.255. The summed E-state index contributed by atoms with van der Waals surface area (Å²) in [5, 5.41) is 6.18. The van der Waals surface area contributed by atoms with Crippen molar-refractivity contribution in [3.8, 4) is 0 Å². The first-order valence-corrected chi connectivity index (χ1v) is 8.20. The van der Waals surface area contributed by atoms with Crippen molar-refractivity contribution in [1.82, 2.24) is 15.3 Å². The van der Waals surface area contributed by atoms with E-state index < -0.39 is 0 Å². The third kappa shape index (κ3) is 4.55. The van der Waals surface area contributed by atoms with Gasteiger partial charge in [-0.2, -0.15) is 0 Å². The number of anilines is 1. The minimum Gasteiger partial charge on any atom is -0.467 e. The predicted molar refractivity (Wildman–Crippen MR) is 87.0 cm³/mol. The van der Waals surface area contributed by atoms with Gasteiger partial charge in [0.25, 0.3) is 5.91 Å². The van der Waals surface area contributed by atoms with Gasteiger partial charge in [-0.1, -0.05) is 25.7 Å². The molecule has 0 aliphatic heterocycles. The number of amides is 1. The second-order valence-corrected chi connectivity index (χ2v) is 5.88. The maximum absolute atomic E-state index is 12.0. The molecule has 0 saturated heterocycles. The second kappa shape index (κ2) is 7.76. The van der Waals surface area contributed by atoms with Crippen LogP contribution in [0.15, 0.2) is 35.2 Å². The Labute approximate surface area is 135 Å². The van der Waals surface area contributed by atoms with Crippen LogP contribution in [0.4, 0.5) is 5.82 Å². The molecule has 1 saturated carbocycles. The van der Waals surface area contributed by atoms with Crippen molar-refractivity contribution in [2.24, 2.45) is 0 Å². The van der Waals surface area contributed by atoms with Gasteiger partial charge in [-0.25, -0.2) is 9.97 Å². The highest BCUT2D eigenvalue weighted by Crippen LogP contribution is 2.20. The van der Waals surface area contributed by atoms with Crippen LogP contribution in [-0.2, 0) is 6.54 Å². The molecule has 2 aromatic heterocycles. The Bertz CT molecular complexity index is 602. The number of nitrogens with one attached hydrogen (secondary N) is 2. The summed E-state index contributed by atoms with van der Waals surface area (Å²) in [7, 11) is 0. The highest BCUT2D eigenvalue weighted by molar-refractivity contribution is 5.91. The van der Waals surface area contributed by atoms with E-state index in [1.54, 1.807) is 18.5 Å². The Morgan fingerprint density at radius 2 is 2.00 bits per heavy atom. The van der Waals surface area contributed by atoms with Crippen LogP contribution in [0.3, 0.4) is 0 Å². The lowest BCUT2D eigenvalue weighted by molar-refractivity contribution is 0.0942. The molecule has 0 unspecified atom stereocenters. The minimum absolute atomic E-state index is 0.255. The van der Waals surface area contributed by atoms with Gasteiger partial charge in [-0.15, -0.1) is 0 Å². The molecule has 1 amide bonds. The van der Waals surface area contributed by atoms with E-state index in [0.29, 0.717) is 24.0 Å². The molecule has 2 N–H and O–H groups in total. The molecule has 0 bridgehead atoms. The first-order valence-electron chi connectivity index (χ1n) is 8.20. The fraction of sp³-hybridized carbons (Fsp3) is 0.471. The number of carbonyl (C=O) groups is 1. The quantitative estimate of drug-likeness (QED) is 0.829. The maximum Gasteiger partial charge on any atom is 0.271 e. The van der Waals surface area contributed by atoms with Crippen LogP contribution < -0.4 is 10.6 Å². The Morgan fingerprint density at radius 1 is 1.17 bits per heavy atom. The number of rotatable bonds is 5. The van der Waals surface area contributed by atoms with Crippen molar-refractivity contribution in [3.63, 3.8) is 0 Å². The smallest absolute Gasteiger partial charge is 0.271 e. The Kier molecular flexibility index (Phi) is 5.24. The molecule has 122 valence electrons. The summed E-state index contributed by atoms with van der Waals surface area (Å²) in [4.78, 5) is 20.5. The zero-order chi connectivity index (χ0) is 15.9. The molecule has 0 aromatic carbocycles. The van der Waals surface area contributed by atoms with E-state index in [2.05, 4.69) is 20.6 Å². The fourth-order valence-corrected chi connectivity index (χ4v) is 2.82. The van der Waals surface area contributed by atoms with Gasteiger partial charge in [0.1, 0.15) is 17.3 Å². The molecule has 1 aliphatic rings. The van der Waals surface area contributed by atoms with Crippen molar-refractivity contribution < 1.29 is 9.21 Å². The predicted octanol–water partition coefficient (Wildman–Crippen LogP) is 3.13. The number of nitrogens with zero attached hydrogens (tertiary/aromatic N) is 2. The van der Waals surface area contributed by atoms with Crippen LogP contribution in [0.25, 0.3) is 0 Å². The van der Waals surface area contributed by atoms with Crippen LogP contribution in [0.2, 0.25) is 0 Å². The van der Waals surface area contributed by atoms with Crippen molar-refractivity contribution in [1.29, 1.82) is 0 Å². The van der Waals surface area contributed by atoms with Crippen molar-refractivity contribution >= 4 is 11.7 Å². The SMILES string of the molecule is O=C(NCc1ccco1)c1cnc(NC2CCCCCC2)cn1. The van der Waals surface area contributed by atoms with Crippen LogP contribution >= 0.6 is 0 Å². The molecule has 6 heteroatoms. The third-order valence-corrected chi connectivity index (χ3v) is 4.09. The molecule has 23 heavy (non-hydrogen) atoms. The molecule has 6 nitrogen and oxygen atoms in total. The summed E-state index contributed by atoms with van der Waals surface area (Å²) in [6.07, 6.45) is 12.2. The number of furan rings is 1. The summed E-state index contributed by atoms with van der Waals surface area (Å²) < 4.78 is 5.17. The summed E-state index contributed by atoms with van der Waals surface area (Å²) in [6, 6.07) is 4.06. The third-order valence-electron chi connectivity index (χ3n) is 4.09. The van der Waals surface area contributed by atoms with Gasteiger partial charge in [0.05, 0.1) is 25.2 Å². The molecule has 0 radical (unpaired) electrons. The number of carbonyl (C=O) groups excluding carboxylic acids is 1. The van der Waals surface area contributed by atoms with E-state index >= 15 is 0 Å². The van der Waals surface area contributed by atoms with Crippen LogP contribution in [-0.4, -0.2) is 21.9 Å². The van der Waals surface area contributed by atoms with Crippen molar-refractivity contribution in [2.75, 3.05) is 5.32 Å². The van der Waals surface area contributed by atoms with Gasteiger partial charge in [0.2, 0.25) is 0 Å². The number of hydrogen-bond acceptors (Lipinski definition) is 5. The first-order chi connectivity index (χ1) is 11.3. The number of hydrogen-bond donors (Lipinski definition) is 2. The maximum atomic E-state index is 12.0. The van der Waals surface area contributed by atoms with Gasteiger partial charge in [0.15, 0.2) is 0 Å². The van der Waals surface area contributed by atoms with Crippen molar-refractivity contribution in [3.05, 3.63) is 42.2 Å². The lowest BCUT2D eigenvalue weighted by Crippen LogP contribution is -2.24. The molecule has 0 spiro atoms. The summed E-state index contributed by atoms with van der Waals surface area (Å²) >= 11 is 0. The fourth-order valence-electron chi connectivity index (χ4n) is 2.82. The van der Waals surface area contributed by atoms with Crippen LogP contribution in [0.1, 0.15) is 54.8 Å². The number of aromatic nitrogens is 2. The molecule has 1 aliphatic carbocycles. The average Bonchev–Trinajstić information content (AvgIpc) is 2.97. The van der Waals surface area contributed by atoms with E-state index in [-0.39, 0.29) is 5.91 Å². The van der Waals surface area contributed by atoms with E-state index in [1.807, 2.05) is 6.07 Å². The van der Waals surface area contributed by atoms with Crippen LogP contribution in [0.5, 0.6) is 0 Å². The van der Waals surface area contributed by atoms with E-state index in [4.69, 9.17) is 4.42 Å². The second-order valence-electron chi connectivity index (χ2n) is 5.88. The van der Waals surface area contributed by atoms with Gasteiger partial charge in [0, 0.05) is 6.04 Å². The lowest BCUT2D eigenvalue weighted by atomic mass is 10.1. The molecular weight excluding hydrogens is 292 g/mol. The largest absolute Gasteiger partial charge is 0.467 e. The monoisotopic (exact) mass is 314 g/mol. The molecule has 0 atom stereocenters. The lowest BCUT2D eigenvalue weighted by Gasteiger charge is -2.16. The average molecular weight is 314 g/mol. The normalized spacial score (nSPS) is 15.8. The van der Waals surface area contributed by atoms with Crippen molar-refractivity contribution in [2.45, 2.75) is 51.1 Å².